The Bertz CT molecular complexity index is 646. The Balaban J connectivity index is 1.76. The van der Waals surface area contributed by atoms with E-state index in [9.17, 15) is 9.18 Å². The predicted octanol–water partition coefficient (Wildman–Crippen LogP) is 1.61. The number of ether oxygens (including phenoxy) is 1. The maximum atomic E-state index is 13.1. The molecule has 2 amide bonds. The van der Waals surface area contributed by atoms with Gasteiger partial charge in [0, 0.05) is 13.1 Å². The van der Waals surface area contributed by atoms with Crippen LogP contribution in [-0.2, 0) is 13.6 Å². The standard InChI is InChI=1S/C15H20FN5O2/c1-3-12(23-13-6-4-5-11(16)7-13)8-17-15(22)18-9-14-19-10-20-21(14)2/h4-7,10,12H,3,8-9H2,1-2H3,(H2,17,18,22)/t12-/m0/s1. The summed E-state index contributed by atoms with van der Waals surface area (Å²) in [6.07, 6.45) is 1.87. The number of carbonyl (C=O) groups excluding carboxylic acids is 1. The van der Waals surface area contributed by atoms with Crippen LogP contribution in [0, 0.1) is 5.82 Å². The summed E-state index contributed by atoms with van der Waals surface area (Å²) >= 11 is 0. The summed E-state index contributed by atoms with van der Waals surface area (Å²) < 4.78 is 20.4. The quantitative estimate of drug-likeness (QED) is 0.812. The van der Waals surface area contributed by atoms with Crippen molar-refractivity contribution in [2.24, 2.45) is 7.05 Å². The number of urea groups is 1. The van der Waals surface area contributed by atoms with Gasteiger partial charge in [0.2, 0.25) is 0 Å². The zero-order valence-corrected chi connectivity index (χ0v) is 13.1. The number of nitrogens with zero attached hydrogens (tertiary/aromatic N) is 3. The first-order chi connectivity index (χ1) is 11.1. The summed E-state index contributed by atoms with van der Waals surface area (Å²) in [6.45, 7) is 2.53. The van der Waals surface area contributed by atoms with Crippen molar-refractivity contribution < 1.29 is 13.9 Å². The molecule has 0 spiro atoms. The fourth-order valence-corrected chi connectivity index (χ4v) is 1.91. The van der Waals surface area contributed by atoms with E-state index in [1.807, 2.05) is 6.92 Å². The van der Waals surface area contributed by atoms with Crippen LogP contribution in [0.1, 0.15) is 19.2 Å². The molecule has 8 heteroatoms. The van der Waals surface area contributed by atoms with E-state index >= 15 is 0 Å². The second kappa shape index (κ2) is 8.11. The Kier molecular flexibility index (Phi) is 5.90. The lowest BCUT2D eigenvalue weighted by atomic mass is 10.2. The molecule has 7 nitrogen and oxygen atoms in total. The minimum atomic E-state index is -0.355. The van der Waals surface area contributed by atoms with E-state index in [2.05, 4.69) is 20.7 Å². The van der Waals surface area contributed by atoms with Gasteiger partial charge in [-0.05, 0) is 18.6 Å². The van der Waals surface area contributed by atoms with Crippen molar-refractivity contribution in [2.45, 2.75) is 26.0 Å². The van der Waals surface area contributed by atoms with Crippen LogP contribution in [0.25, 0.3) is 0 Å². The lowest BCUT2D eigenvalue weighted by Crippen LogP contribution is -2.41. The fraction of sp³-hybridized carbons (Fsp3) is 0.400. The maximum Gasteiger partial charge on any atom is 0.315 e. The van der Waals surface area contributed by atoms with Crippen LogP contribution in [0.3, 0.4) is 0 Å². The van der Waals surface area contributed by atoms with Crippen LogP contribution in [0.4, 0.5) is 9.18 Å². The minimum Gasteiger partial charge on any atom is -0.489 e. The smallest absolute Gasteiger partial charge is 0.315 e. The lowest BCUT2D eigenvalue weighted by molar-refractivity contribution is 0.189. The molecule has 1 atom stereocenters. The Morgan fingerprint density at radius 1 is 1.43 bits per heavy atom. The fourth-order valence-electron chi connectivity index (χ4n) is 1.91. The Hall–Kier alpha value is -2.64. The normalized spacial score (nSPS) is 11.8. The molecule has 0 saturated carbocycles. The predicted molar refractivity (Wildman–Crippen MR) is 82.3 cm³/mol. The van der Waals surface area contributed by atoms with Gasteiger partial charge in [-0.25, -0.2) is 14.2 Å². The van der Waals surface area contributed by atoms with Crippen LogP contribution in [-0.4, -0.2) is 33.4 Å². The van der Waals surface area contributed by atoms with Crippen molar-refractivity contribution in [2.75, 3.05) is 6.54 Å². The van der Waals surface area contributed by atoms with Crippen molar-refractivity contribution in [3.8, 4) is 5.75 Å². The maximum absolute atomic E-state index is 13.1. The third-order valence-electron chi connectivity index (χ3n) is 3.26. The first-order valence-corrected chi connectivity index (χ1v) is 7.35. The average Bonchev–Trinajstić information content (AvgIpc) is 2.94. The molecule has 0 radical (unpaired) electrons. The molecule has 1 aromatic heterocycles. The van der Waals surface area contributed by atoms with Crippen LogP contribution >= 0.6 is 0 Å². The molecule has 1 aromatic carbocycles. The van der Waals surface area contributed by atoms with E-state index in [0.29, 0.717) is 24.5 Å². The molecule has 0 bridgehead atoms. The van der Waals surface area contributed by atoms with Crippen LogP contribution in [0.2, 0.25) is 0 Å². The number of hydrogen-bond acceptors (Lipinski definition) is 4. The second-order valence-corrected chi connectivity index (χ2v) is 4.97. The average molecular weight is 321 g/mol. The van der Waals surface area contributed by atoms with Crippen molar-refractivity contribution in [3.63, 3.8) is 0 Å². The Morgan fingerprint density at radius 3 is 2.91 bits per heavy atom. The molecule has 0 saturated heterocycles. The van der Waals surface area contributed by atoms with E-state index < -0.39 is 0 Å². The van der Waals surface area contributed by atoms with Gasteiger partial charge in [-0.2, -0.15) is 5.10 Å². The molecule has 23 heavy (non-hydrogen) atoms. The molecule has 2 rings (SSSR count). The number of rotatable bonds is 7. The van der Waals surface area contributed by atoms with Crippen molar-refractivity contribution in [1.29, 1.82) is 0 Å². The van der Waals surface area contributed by atoms with E-state index in [4.69, 9.17) is 4.74 Å². The van der Waals surface area contributed by atoms with Crippen molar-refractivity contribution in [3.05, 3.63) is 42.2 Å². The van der Waals surface area contributed by atoms with Crippen LogP contribution in [0.5, 0.6) is 5.75 Å². The van der Waals surface area contributed by atoms with Crippen LogP contribution < -0.4 is 15.4 Å². The number of hydrogen-bond donors (Lipinski definition) is 2. The van der Waals surface area contributed by atoms with E-state index in [1.165, 1.54) is 18.5 Å². The highest BCUT2D eigenvalue weighted by atomic mass is 19.1. The number of amides is 2. The molecule has 124 valence electrons. The summed E-state index contributed by atoms with van der Waals surface area (Å²) in [5.41, 5.74) is 0. The SMILES string of the molecule is CC[C@@H](CNC(=O)NCc1ncnn1C)Oc1cccc(F)c1. The minimum absolute atomic E-state index is 0.239. The highest BCUT2D eigenvalue weighted by molar-refractivity contribution is 5.73. The molecule has 2 N–H and O–H groups in total. The van der Waals surface area contributed by atoms with E-state index in [-0.39, 0.29) is 24.5 Å². The van der Waals surface area contributed by atoms with Gasteiger partial charge in [-0.3, -0.25) is 4.68 Å². The number of benzene rings is 1. The zero-order chi connectivity index (χ0) is 16.7. The number of halogens is 1. The van der Waals surface area contributed by atoms with Gasteiger partial charge in [-0.15, -0.1) is 0 Å². The molecule has 1 heterocycles. The molecule has 0 aliphatic heterocycles. The topological polar surface area (TPSA) is 81.1 Å². The van der Waals surface area contributed by atoms with Crippen molar-refractivity contribution in [1.82, 2.24) is 25.4 Å². The van der Waals surface area contributed by atoms with Gasteiger partial charge >= 0.3 is 6.03 Å². The summed E-state index contributed by atoms with van der Waals surface area (Å²) in [7, 11) is 1.75. The highest BCUT2D eigenvalue weighted by Crippen LogP contribution is 2.14. The molecular weight excluding hydrogens is 301 g/mol. The molecule has 0 unspecified atom stereocenters. The third kappa shape index (κ3) is 5.24. The summed E-state index contributed by atoms with van der Waals surface area (Å²) in [4.78, 5) is 15.8. The second-order valence-electron chi connectivity index (χ2n) is 4.97. The number of aryl methyl sites for hydroxylation is 1. The summed E-state index contributed by atoms with van der Waals surface area (Å²) in [6, 6.07) is 5.61. The lowest BCUT2D eigenvalue weighted by Gasteiger charge is -2.18. The Morgan fingerprint density at radius 2 is 2.26 bits per heavy atom. The van der Waals surface area contributed by atoms with Gasteiger partial charge in [0.15, 0.2) is 0 Å². The van der Waals surface area contributed by atoms with E-state index in [0.717, 1.165) is 0 Å². The summed E-state index contributed by atoms with van der Waals surface area (Å²) in [5, 5.41) is 9.33. The zero-order valence-electron chi connectivity index (χ0n) is 13.1. The largest absolute Gasteiger partial charge is 0.489 e. The van der Waals surface area contributed by atoms with Crippen LogP contribution in [0.15, 0.2) is 30.6 Å². The Labute approximate surface area is 133 Å². The van der Waals surface area contributed by atoms with E-state index in [1.54, 1.807) is 23.9 Å². The van der Waals surface area contributed by atoms with Gasteiger partial charge in [-0.1, -0.05) is 13.0 Å². The first kappa shape index (κ1) is 16.7. The van der Waals surface area contributed by atoms with Gasteiger partial charge in [0.1, 0.15) is 29.8 Å². The number of aromatic nitrogens is 3. The monoisotopic (exact) mass is 321 g/mol. The molecule has 0 aliphatic carbocycles. The molecular formula is C15H20FN5O2. The van der Waals surface area contributed by atoms with Gasteiger partial charge in [0.25, 0.3) is 0 Å². The van der Waals surface area contributed by atoms with Gasteiger partial charge in [0.05, 0.1) is 13.1 Å². The van der Waals surface area contributed by atoms with Gasteiger partial charge < -0.3 is 15.4 Å². The number of carbonyl (C=O) groups is 1. The van der Waals surface area contributed by atoms with Crippen molar-refractivity contribution >= 4 is 6.03 Å². The summed E-state index contributed by atoms with van der Waals surface area (Å²) in [5.74, 6) is 0.744. The molecule has 0 aliphatic rings. The highest BCUT2D eigenvalue weighted by Gasteiger charge is 2.11. The first-order valence-electron chi connectivity index (χ1n) is 7.35. The molecule has 2 aromatic rings. The number of nitrogens with one attached hydrogen (secondary N) is 2. The molecule has 0 fully saturated rings. The third-order valence-corrected chi connectivity index (χ3v) is 3.26.